The summed E-state index contributed by atoms with van der Waals surface area (Å²) in [6.45, 7) is 6.44. The van der Waals surface area contributed by atoms with Crippen LogP contribution < -0.4 is 10.6 Å². The molecular formula is C15H23N5. The van der Waals surface area contributed by atoms with Crippen molar-refractivity contribution >= 4 is 11.3 Å². The molecule has 0 saturated carbocycles. The Bertz CT molecular complexity index is 569. The summed E-state index contributed by atoms with van der Waals surface area (Å²) in [6, 6.07) is 2.80. The van der Waals surface area contributed by atoms with E-state index < -0.39 is 0 Å². The number of aromatic nitrogens is 3. The van der Waals surface area contributed by atoms with Crippen LogP contribution in [0.4, 0.5) is 5.82 Å². The van der Waals surface area contributed by atoms with Crippen LogP contribution in [-0.2, 0) is 0 Å². The van der Waals surface area contributed by atoms with E-state index in [1.165, 1.54) is 19.4 Å². The third kappa shape index (κ3) is 2.77. The monoisotopic (exact) mass is 273 g/mol. The highest BCUT2D eigenvalue weighted by Gasteiger charge is 2.14. The maximum atomic E-state index is 4.58. The molecule has 1 saturated heterocycles. The summed E-state index contributed by atoms with van der Waals surface area (Å²) in [4.78, 5) is 4.45. The van der Waals surface area contributed by atoms with Crippen molar-refractivity contribution in [3.05, 3.63) is 24.2 Å². The topological polar surface area (TPSA) is 54.2 Å². The average Bonchev–Trinajstić information content (AvgIpc) is 3.07. The molecule has 0 spiro atoms. The van der Waals surface area contributed by atoms with E-state index in [1.54, 1.807) is 6.20 Å². The highest BCUT2D eigenvalue weighted by molar-refractivity contribution is 5.67. The smallest absolute Gasteiger partial charge is 0.152 e. The fourth-order valence-electron chi connectivity index (χ4n) is 2.73. The van der Waals surface area contributed by atoms with Gasteiger partial charge in [0, 0.05) is 25.0 Å². The Kier molecular flexibility index (Phi) is 3.87. The van der Waals surface area contributed by atoms with Crippen LogP contribution in [0, 0.1) is 0 Å². The maximum Gasteiger partial charge on any atom is 0.152 e. The minimum absolute atomic E-state index is 0.436. The van der Waals surface area contributed by atoms with Gasteiger partial charge in [-0.15, -0.1) is 0 Å². The summed E-state index contributed by atoms with van der Waals surface area (Å²) in [5.74, 6) is 1.37. The number of nitrogens with one attached hydrogen (secondary N) is 2. The van der Waals surface area contributed by atoms with Crippen molar-refractivity contribution in [2.45, 2.75) is 45.1 Å². The third-order valence-corrected chi connectivity index (χ3v) is 3.95. The van der Waals surface area contributed by atoms with Gasteiger partial charge in [0.15, 0.2) is 5.82 Å². The summed E-state index contributed by atoms with van der Waals surface area (Å²) in [6.07, 6.45) is 7.46. The van der Waals surface area contributed by atoms with Gasteiger partial charge < -0.3 is 10.6 Å². The largest absolute Gasteiger partial charge is 0.368 e. The molecular weight excluding hydrogens is 250 g/mol. The molecule has 1 fully saturated rings. The van der Waals surface area contributed by atoms with Crippen molar-refractivity contribution in [3.8, 4) is 0 Å². The first-order valence-electron chi connectivity index (χ1n) is 7.55. The lowest BCUT2D eigenvalue weighted by Crippen LogP contribution is -2.24. The normalized spacial score (nSPS) is 19.1. The van der Waals surface area contributed by atoms with Crippen molar-refractivity contribution in [2.75, 3.05) is 18.4 Å². The lowest BCUT2D eigenvalue weighted by molar-refractivity contribution is 0.574. The van der Waals surface area contributed by atoms with Gasteiger partial charge in [-0.2, -0.15) is 5.10 Å². The molecule has 1 atom stereocenters. The Morgan fingerprint density at radius 3 is 3.15 bits per heavy atom. The number of hydrogen-bond donors (Lipinski definition) is 2. The SMILES string of the molecule is CC(C)c1cc2c(NCCC3CCCN3)nccn2n1. The second-order valence-corrected chi connectivity index (χ2v) is 5.84. The molecule has 5 nitrogen and oxygen atoms in total. The molecule has 3 heterocycles. The first-order valence-corrected chi connectivity index (χ1v) is 7.55. The Hall–Kier alpha value is -1.62. The summed E-state index contributed by atoms with van der Waals surface area (Å²) in [5.41, 5.74) is 2.18. The van der Waals surface area contributed by atoms with Crippen molar-refractivity contribution in [1.82, 2.24) is 19.9 Å². The van der Waals surface area contributed by atoms with E-state index in [1.807, 2.05) is 10.7 Å². The maximum absolute atomic E-state index is 4.58. The highest BCUT2D eigenvalue weighted by Crippen LogP contribution is 2.20. The van der Waals surface area contributed by atoms with E-state index >= 15 is 0 Å². The molecule has 5 heteroatoms. The lowest BCUT2D eigenvalue weighted by Gasteiger charge is -2.11. The van der Waals surface area contributed by atoms with Crippen LogP contribution in [0.15, 0.2) is 18.5 Å². The van der Waals surface area contributed by atoms with Crippen LogP contribution in [0.2, 0.25) is 0 Å². The molecule has 0 bridgehead atoms. The van der Waals surface area contributed by atoms with Gasteiger partial charge in [0.25, 0.3) is 0 Å². The van der Waals surface area contributed by atoms with Crippen molar-refractivity contribution in [2.24, 2.45) is 0 Å². The standard InChI is InChI=1S/C15H23N5/c1-11(2)13-10-14-15(18-8-9-20(14)19-13)17-7-5-12-4-3-6-16-12/h8-12,16H,3-7H2,1-2H3,(H,17,18). The average molecular weight is 273 g/mol. The molecule has 0 aliphatic carbocycles. The van der Waals surface area contributed by atoms with Crippen LogP contribution in [0.25, 0.3) is 5.52 Å². The molecule has 0 radical (unpaired) electrons. The summed E-state index contributed by atoms with van der Waals surface area (Å²) < 4.78 is 1.92. The van der Waals surface area contributed by atoms with Gasteiger partial charge in [-0.05, 0) is 37.8 Å². The molecule has 3 rings (SSSR count). The van der Waals surface area contributed by atoms with Gasteiger partial charge >= 0.3 is 0 Å². The van der Waals surface area contributed by atoms with Gasteiger partial charge in [-0.3, -0.25) is 0 Å². The summed E-state index contributed by atoms with van der Waals surface area (Å²) in [5, 5.41) is 11.6. The Morgan fingerprint density at radius 2 is 2.40 bits per heavy atom. The van der Waals surface area contributed by atoms with Crippen LogP contribution in [0.5, 0.6) is 0 Å². The second kappa shape index (κ2) is 5.79. The number of fused-ring (bicyclic) bond motifs is 1. The zero-order chi connectivity index (χ0) is 13.9. The minimum Gasteiger partial charge on any atom is -0.368 e. The summed E-state index contributed by atoms with van der Waals surface area (Å²) in [7, 11) is 0. The zero-order valence-electron chi connectivity index (χ0n) is 12.3. The van der Waals surface area contributed by atoms with E-state index in [-0.39, 0.29) is 0 Å². The van der Waals surface area contributed by atoms with Crippen LogP contribution >= 0.6 is 0 Å². The predicted octanol–water partition coefficient (Wildman–Crippen LogP) is 2.41. The molecule has 1 aliphatic rings. The van der Waals surface area contributed by atoms with E-state index in [0.717, 1.165) is 30.0 Å². The molecule has 1 unspecified atom stereocenters. The van der Waals surface area contributed by atoms with Gasteiger partial charge in [0.2, 0.25) is 0 Å². The van der Waals surface area contributed by atoms with E-state index in [0.29, 0.717) is 12.0 Å². The van der Waals surface area contributed by atoms with Gasteiger partial charge in [0.1, 0.15) is 5.52 Å². The van der Waals surface area contributed by atoms with E-state index in [9.17, 15) is 0 Å². The molecule has 0 aromatic carbocycles. The molecule has 2 aromatic heterocycles. The molecule has 0 amide bonds. The Labute approximate surface area is 119 Å². The van der Waals surface area contributed by atoms with Crippen LogP contribution in [0.3, 0.4) is 0 Å². The number of nitrogens with zero attached hydrogens (tertiary/aromatic N) is 3. The van der Waals surface area contributed by atoms with Crippen molar-refractivity contribution < 1.29 is 0 Å². The van der Waals surface area contributed by atoms with Gasteiger partial charge in [0.05, 0.1) is 5.69 Å². The predicted molar refractivity (Wildman–Crippen MR) is 81.2 cm³/mol. The molecule has 2 aromatic rings. The van der Waals surface area contributed by atoms with Gasteiger partial charge in [-0.25, -0.2) is 9.50 Å². The Morgan fingerprint density at radius 1 is 1.50 bits per heavy atom. The fraction of sp³-hybridized carbons (Fsp3) is 0.600. The first kappa shape index (κ1) is 13.4. The first-order chi connectivity index (χ1) is 9.74. The van der Waals surface area contributed by atoms with Crippen molar-refractivity contribution in [1.29, 1.82) is 0 Å². The number of hydrogen-bond acceptors (Lipinski definition) is 4. The third-order valence-electron chi connectivity index (χ3n) is 3.95. The molecule has 20 heavy (non-hydrogen) atoms. The van der Waals surface area contributed by atoms with Crippen LogP contribution in [-0.4, -0.2) is 33.7 Å². The highest BCUT2D eigenvalue weighted by atomic mass is 15.2. The quantitative estimate of drug-likeness (QED) is 0.878. The zero-order valence-corrected chi connectivity index (χ0v) is 12.3. The molecule has 1 aliphatic heterocycles. The van der Waals surface area contributed by atoms with Crippen LogP contribution in [0.1, 0.15) is 44.7 Å². The van der Waals surface area contributed by atoms with Crippen molar-refractivity contribution in [3.63, 3.8) is 0 Å². The fourth-order valence-corrected chi connectivity index (χ4v) is 2.73. The second-order valence-electron chi connectivity index (χ2n) is 5.84. The lowest BCUT2D eigenvalue weighted by atomic mass is 10.1. The van der Waals surface area contributed by atoms with E-state index in [4.69, 9.17) is 0 Å². The van der Waals surface area contributed by atoms with Gasteiger partial charge in [-0.1, -0.05) is 13.8 Å². The number of rotatable bonds is 5. The molecule has 108 valence electrons. The minimum atomic E-state index is 0.436. The number of anilines is 1. The molecule has 2 N–H and O–H groups in total. The Balaban J connectivity index is 1.70. The van der Waals surface area contributed by atoms with E-state index in [2.05, 4.69) is 40.6 Å². The summed E-state index contributed by atoms with van der Waals surface area (Å²) >= 11 is 0.